The zero-order valence-corrected chi connectivity index (χ0v) is 7.44. The average Bonchev–Trinajstić information content (AvgIpc) is 2.50. The van der Waals surface area contributed by atoms with Crippen LogP contribution in [-0.2, 0) is 0 Å². The van der Waals surface area contributed by atoms with E-state index >= 15 is 0 Å². The van der Waals surface area contributed by atoms with Crippen LogP contribution in [0.3, 0.4) is 0 Å². The number of nitrogens with two attached hydrogens (primary N) is 1. The lowest BCUT2D eigenvalue weighted by molar-refractivity contribution is 0.260. The number of aromatic nitrogens is 2. The van der Waals surface area contributed by atoms with Crippen LogP contribution in [0, 0.1) is 0 Å². The number of hydrogen-bond donors (Lipinski definition) is 2. The van der Waals surface area contributed by atoms with Gasteiger partial charge in [-0.1, -0.05) is 0 Å². The van der Waals surface area contributed by atoms with Crippen LogP contribution < -0.4 is 5.73 Å². The zero-order valence-electron chi connectivity index (χ0n) is 7.44. The van der Waals surface area contributed by atoms with Crippen LogP contribution in [0.2, 0.25) is 0 Å². The minimum Gasteiger partial charge on any atom is -0.394 e. The summed E-state index contributed by atoms with van der Waals surface area (Å²) in [6.45, 7) is 4.01. The van der Waals surface area contributed by atoms with Gasteiger partial charge in [0.05, 0.1) is 18.3 Å². The standard InChI is InChI=1S/C8H15N3O/c1-6(2)11-8(3-4-10-11)7(9)5-12/h3-4,6-7,12H,5,9H2,1-2H3. The lowest BCUT2D eigenvalue weighted by Crippen LogP contribution is -2.20. The molecule has 4 nitrogen and oxygen atoms in total. The molecule has 0 saturated heterocycles. The maximum absolute atomic E-state index is 8.85. The van der Waals surface area contributed by atoms with Gasteiger partial charge in [-0.05, 0) is 19.9 Å². The van der Waals surface area contributed by atoms with Crippen molar-refractivity contribution in [3.63, 3.8) is 0 Å². The van der Waals surface area contributed by atoms with Gasteiger partial charge in [-0.15, -0.1) is 0 Å². The molecule has 0 saturated carbocycles. The van der Waals surface area contributed by atoms with Gasteiger partial charge in [0.2, 0.25) is 0 Å². The molecule has 0 aliphatic heterocycles. The Labute approximate surface area is 72.0 Å². The van der Waals surface area contributed by atoms with E-state index in [0.29, 0.717) is 0 Å². The predicted octanol–water partition coefficient (Wildman–Crippen LogP) is 0.456. The maximum Gasteiger partial charge on any atom is 0.0701 e. The molecule has 0 bridgehead atoms. The molecule has 1 rings (SSSR count). The van der Waals surface area contributed by atoms with E-state index in [1.165, 1.54) is 0 Å². The van der Waals surface area contributed by atoms with Crippen LogP contribution in [0.4, 0.5) is 0 Å². The molecule has 0 aliphatic rings. The first-order valence-electron chi connectivity index (χ1n) is 4.06. The van der Waals surface area contributed by atoms with Crippen molar-refractivity contribution in [1.82, 2.24) is 9.78 Å². The van der Waals surface area contributed by atoms with E-state index in [2.05, 4.69) is 5.10 Å². The summed E-state index contributed by atoms with van der Waals surface area (Å²) in [6.07, 6.45) is 1.70. The minimum absolute atomic E-state index is 0.0432. The summed E-state index contributed by atoms with van der Waals surface area (Å²) in [6, 6.07) is 1.79. The fourth-order valence-corrected chi connectivity index (χ4v) is 1.14. The number of nitrogens with zero attached hydrogens (tertiary/aromatic N) is 2. The molecule has 4 heteroatoms. The quantitative estimate of drug-likeness (QED) is 0.690. The van der Waals surface area contributed by atoms with E-state index in [1.54, 1.807) is 6.20 Å². The Kier molecular flexibility index (Phi) is 2.83. The predicted molar refractivity (Wildman–Crippen MR) is 46.6 cm³/mol. The van der Waals surface area contributed by atoms with E-state index in [4.69, 9.17) is 10.8 Å². The Morgan fingerprint density at radius 1 is 1.67 bits per heavy atom. The van der Waals surface area contributed by atoms with Crippen LogP contribution in [0.15, 0.2) is 12.3 Å². The molecule has 0 aliphatic carbocycles. The van der Waals surface area contributed by atoms with Gasteiger partial charge in [-0.3, -0.25) is 4.68 Å². The molecular weight excluding hydrogens is 154 g/mol. The number of rotatable bonds is 3. The summed E-state index contributed by atoms with van der Waals surface area (Å²) in [5, 5.41) is 13.0. The van der Waals surface area contributed by atoms with E-state index in [9.17, 15) is 0 Å². The Bertz CT molecular complexity index is 244. The summed E-state index contributed by atoms with van der Waals surface area (Å²) < 4.78 is 1.82. The summed E-state index contributed by atoms with van der Waals surface area (Å²) in [5.41, 5.74) is 6.55. The third-order valence-corrected chi connectivity index (χ3v) is 1.77. The SMILES string of the molecule is CC(C)n1nccc1C(N)CO. The Morgan fingerprint density at radius 3 is 2.83 bits per heavy atom. The van der Waals surface area contributed by atoms with Gasteiger partial charge >= 0.3 is 0 Å². The van der Waals surface area contributed by atoms with Crippen LogP contribution in [0.1, 0.15) is 31.6 Å². The molecular formula is C8H15N3O. The second kappa shape index (κ2) is 3.69. The fraction of sp³-hybridized carbons (Fsp3) is 0.625. The second-order valence-electron chi connectivity index (χ2n) is 3.08. The summed E-state index contributed by atoms with van der Waals surface area (Å²) in [7, 11) is 0. The molecule has 1 unspecified atom stereocenters. The molecule has 1 atom stereocenters. The highest BCUT2D eigenvalue weighted by Crippen LogP contribution is 2.13. The van der Waals surface area contributed by atoms with Crippen LogP contribution >= 0.6 is 0 Å². The largest absolute Gasteiger partial charge is 0.394 e. The van der Waals surface area contributed by atoms with Gasteiger partial charge in [-0.2, -0.15) is 5.10 Å². The molecule has 0 aromatic carbocycles. The molecule has 1 heterocycles. The molecule has 1 aromatic rings. The zero-order chi connectivity index (χ0) is 9.14. The van der Waals surface area contributed by atoms with Crippen molar-refractivity contribution < 1.29 is 5.11 Å². The van der Waals surface area contributed by atoms with Gasteiger partial charge in [0, 0.05) is 12.2 Å². The number of aliphatic hydroxyl groups excluding tert-OH is 1. The smallest absolute Gasteiger partial charge is 0.0701 e. The lowest BCUT2D eigenvalue weighted by Gasteiger charge is -2.14. The van der Waals surface area contributed by atoms with Crippen molar-refractivity contribution in [3.05, 3.63) is 18.0 Å². The maximum atomic E-state index is 8.85. The third kappa shape index (κ3) is 1.65. The van der Waals surface area contributed by atoms with E-state index in [-0.39, 0.29) is 18.7 Å². The average molecular weight is 169 g/mol. The first-order valence-corrected chi connectivity index (χ1v) is 4.06. The van der Waals surface area contributed by atoms with Crippen molar-refractivity contribution >= 4 is 0 Å². The highest BCUT2D eigenvalue weighted by atomic mass is 16.3. The Morgan fingerprint density at radius 2 is 2.33 bits per heavy atom. The first kappa shape index (κ1) is 9.22. The van der Waals surface area contributed by atoms with Crippen molar-refractivity contribution in [3.8, 4) is 0 Å². The van der Waals surface area contributed by atoms with Crippen LogP contribution in [-0.4, -0.2) is 21.5 Å². The molecule has 0 radical (unpaired) electrons. The van der Waals surface area contributed by atoms with Crippen LogP contribution in [0.5, 0.6) is 0 Å². The van der Waals surface area contributed by atoms with Crippen molar-refractivity contribution in [2.45, 2.75) is 25.9 Å². The van der Waals surface area contributed by atoms with Crippen molar-refractivity contribution in [2.24, 2.45) is 5.73 Å². The lowest BCUT2D eigenvalue weighted by atomic mass is 10.2. The van der Waals surface area contributed by atoms with Gasteiger partial charge < -0.3 is 10.8 Å². The summed E-state index contributed by atoms with van der Waals surface area (Å²) in [4.78, 5) is 0. The van der Waals surface area contributed by atoms with Crippen molar-refractivity contribution in [1.29, 1.82) is 0 Å². The molecule has 0 spiro atoms. The summed E-state index contributed by atoms with van der Waals surface area (Å²) >= 11 is 0. The van der Waals surface area contributed by atoms with Gasteiger partial charge in [0.1, 0.15) is 0 Å². The molecule has 12 heavy (non-hydrogen) atoms. The Balaban J connectivity index is 2.91. The fourth-order valence-electron chi connectivity index (χ4n) is 1.14. The first-order chi connectivity index (χ1) is 5.66. The third-order valence-electron chi connectivity index (χ3n) is 1.77. The molecule has 0 amide bonds. The van der Waals surface area contributed by atoms with Gasteiger partial charge in [0.25, 0.3) is 0 Å². The molecule has 68 valence electrons. The van der Waals surface area contributed by atoms with Gasteiger partial charge in [-0.25, -0.2) is 0 Å². The minimum atomic E-state index is -0.324. The number of hydrogen-bond acceptors (Lipinski definition) is 3. The molecule has 1 aromatic heterocycles. The van der Waals surface area contributed by atoms with E-state index in [1.807, 2.05) is 24.6 Å². The highest BCUT2D eigenvalue weighted by molar-refractivity contribution is 5.06. The van der Waals surface area contributed by atoms with E-state index < -0.39 is 0 Å². The molecule has 0 fully saturated rings. The normalized spacial score (nSPS) is 13.8. The monoisotopic (exact) mass is 169 g/mol. The van der Waals surface area contributed by atoms with E-state index in [0.717, 1.165) is 5.69 Å². The Hall–Kier alpha value is -0.870. The van der Waals surface area contributed by atoms with Crippen LogP contribution in [0.25, 0.3) is 0 Å². The highest BCUT2D eigenvalue weighted by Gasteiger charge is 2.11. The van der Waals surface area contributed by atoms with Gasteiger partial charge in [0.15, 0.2) is 0 Å². The number of aliphatic hydroxyl groups is 1. The molecule has 3 N–H and O–H groups in total. The van der Waals surface area contributed by atoms with Crippen molar-refractivity contribution in [2.75, 3.05) is 6.61 Å². The second-order valence-corrected chi connectivity index (χ2v) is 3.08. The topological polar surface area (TPSA) is 64.1 Å². The summed E-state index contributed by atoms with van der Waals surface area (Å²) in [5.74, 6) is 0.